The van der Waals surface area contributed by atoms with E-state index in [0.717, 1.165) is 43.7 Å². The number of rotatable bonds is 4. The lowest BCUT2D eigenvalue weighted by atomic mass is 10.1. The van der Waals surface area contributed by atoms with Crippen LogP contribution in [0, 0.1) is 6.92 Å². The molecular formula is C25H29N5O2. The molecule has 1 atom stereocenters. The molecule has 7 nitrogen and oxygen atoms in total. The van der Waals surface area contributed by atoms with Crippen LogP contribution in [0.4, 0.5) is 5.69 Å². The van der Waals surface area contributed by atoms with E-state index < -0.39 is 0 Å². The lowest BCUT2D eigenvalue weighted by Crippen LogP contribution is -2.50. The molecule has 1 N–H and O–H groups in total. The highest BCUT2D eigenvalue weighted by Crippen LogP contribution is 2.23. The van der Waals surface area contributed by atoms with Gasteiger partial charge in [-0.3, -0.25) is 14.2 Å². The van der Waals surface area contributed by atoms with Crippen molar-refractivity contribution >= 4 is 22.5 Å². The van der Waals surface area contributed by atoms with Crippen molar-refractivity contribution in [3.63, 3.8) is 0 Å². The Morgan fingerprint density at radius 2 is 1.94 bits per heavy atom. The number of hydrogen-bond acceptors (Lipinski definition) is 5. The molecule has 2 heterocycles. The van der Waals surface area contributed by atoms with Crippen LogP contribution in [-0.4, -0.2) is 59.1 Å². The highest BCUT2D eigenvalue weighted by atomic mass is 16.1. The highest BCUT2D eigenvalue weighted by Gasteiger charge is 2.24. The summed E-state index contributed by atoms with van der Waals surface area (Å²) >= 11 is 0. The summed E-state index contributed by atoms with van der Waals surface area (Å²) in [5.74, 6) is -0.0954. The number of piperazine rings is 1. The van der Waals surface area contributed by atoms with Crippen molar-refractivity contribution in [2.45, 2.75) is 38.8 Å². The Bertz CT molecular complexity index is 1250. The van der Waals surface area contributed by atoms with Crippen LogP contribution in [0.3, 0.4) is 0 Å². The van der Waals surface area contributed by atoms with Crippen molar-refractivity contribution in [1.29, 1.82) is 0 Å². The van der Waals surface area contributed by atoms with Crippen molar-refractivity contribution in [2.24, 2.45) is 0 Å². The van der Waals surface area contributed by atoms with E-state index in [1.54, 1.807) is 17.0 Å². The van der Waals surface area contributed by atoms with E-state index in [1.807, 2.05) is 37.3 Å². The Morgan fingerprint density at radius 3 is 2.69 bits per heavy atom. The number of fused-ring (bicyclic) bond motifs is 1. The van der Waals surface area contributed by atoms with Crippen molar-refractivity contribution in [3.05, 3.63) is 64.2 Å². The number of nitrogens with one attached hydrogen (secondary N) is 1. The number of aromatic nitrogens is 2. The largest absolute Gasteiger partial charge is 0.369 e. The van der Waals surface area contributed by atoms with Gasteiger partial charge in [-0.2, -0.15) is 0 Å². The van der Waals surface area contributed by atoms with Crippen LogP contribution in [0.5, 0.6) is 0 Å². The number of aryl methyl sites for hydroxylation is 1. The minimum Gasteiger partial charge on any atom is -0.369 e. The molecule has 0 unspecified atom stereocenters. The van der Waals surface area contributed by atoms with Crippen molar-refractivity contribution < 1.29 is 4.79 Å². The van der Waals surface area contributed by atoms with Crippen molar-refractivity contribution in [2.75, 3.05) is 31.6 Å². The van der Waals surface area contributed by atoms with Gasteiger partial charge in [0.25, 0.3) is 11.5 Å². The summed E-state index contributed by atoms with van der Waals surface area (Å²) < 4.78 is 1.56. The number of hydrogen-bond donors (Lipinski definition) is 1. The molecule has 1 aliphatic heterocycles. The number of carbonyl (C=O) groups excluding carboxylic acids is 1. The van der Waals surface area contributed by atoms with Gasteiger partial charge in [0.15, 0.2) is 0 Å². The summed E-state index contributed by atoms with van der Waals surface area (Å²) in [5.41, 5.74) is 3.76. The van der Waals surface area contributed by atoms with E-state index >= 15 is 0 Å². The molecule has 1 aromatic heterocycles. The zero-order valence-electron chi connectivity index (χ0n) is 18.8. The molecule has 0 spiro atoms. The lowest BCUT2D eigenvalue weighted by Gasteiger charge is -2.39. The van der Waals surface area contributed by atoms with Gasteiger partial charge in [0.05, 0.1) is 16.6 Å². The molecule has 0 bridgehead atoms. The normalized spacial score (nSPS) is 19.3. The van der Waals surface area contributed by atoms with E-state index in [1.165, 1.54) is 0 Å². The molecule has 7 heteroatoms. The van der Waals surface area contributed by atoms with Crippen LogP contribution in [0.15, 0.2) is 47.5 Å². The van der Waals surface area contributed by atoms with E-state index in [0.29, 0.717) is 28.2 Å². The third-order valence-electron chi connectivity index (χ3n) is 6.71. The van der Waals surface area contributed by atoms with E-state index in [4.69, 9.17) is 0 Å². The molecule has 32 heavy (non-hydrogen) atoms. The molecule has 3 aromatic rings. The van der Waals surface area contributed by atoms with Crippen LogP contribution in [-0.2, 0) is 0 Å². The van der Waals surface area contributed by atoms with Gasteiger partial charge in [-0.15, -0.1) is 0 Å². The smallest absolute Gasteiger partial charge is 0.265 e. The summed E-state index contributed by atoms with van der Waals surface area (Å²) in [6.45, 7) is 7.00. The second kappa shape index (κ2) is 8.06. The first-order valence-corrected chi connectivity index (χ1v) is 11.3. The standard InChI is InChI=1S/C25H29N5O2/c1-16-4-5-18(24(31)27-19-6-7-19)12-23(16)30-15-26-22-9-8-20(13-21(22)25(30)32)29-11-10-28(3)17(2)14-29/h4-5,8-9,12-13,15,17,19H,6-7,10-11,14H2,1-3H3,(H,27,31)/t17-/m1/s1. The second-order valence-corrected chi connectivity index (χ2v) is 9.15. The fourth-order valence-electron chi connectivity index (χ4n) is 4.27. The SMILES string of the molecule is Cc1ccc(C(=O)NC2CC2)cc1-n1cnc2ccc(N3CCN(C)[C@H](C)C3)cc2c1=O. The number of amides is 1. The van der Waals surface area contributed by atoms with E-state index in [-0.39, 0.29) is 17.5 Å². The molecule has 2 aromatic carbocycles. The first kappa shape index (κ1) is 20.7. The van der Waals surface area contributed by atoms with Crippen LogP contribution in [0.2, 0.25) is 0 Å². The lowest BCUT2D eigenvalue weighted by molar-refractivity contribution is 0.0951. The molecule has 1 amide bonds. The molecule has 2 fully saturated rings. The third-order valence-corrected chi connectivity index (χ3v) is 6.71. The van der Waals surface area contributed by atoms with Gasteiger partial charge < -0.3 is 15.1 Å². The number of likely N-dealkylation sites (N-methyl/N-ethyl adjacent to an activating group) is 1. The number of carbonyl (C=O) groups is 1. The minimum atomic E-state index is -0.123. The maximum absolute atomic E-state index is 13.5. The topological polar surface area (TPSA) is 70.5 Å². The van der Waals surface area contributed by atoms with Gasteiger partial charge in [-0.05, 0) is 69.6 Å². The Morgan fingerprint density at radius 1 is 1.12 bits per heavy atom. The summed E-state index contributed by atoms with van der Waals surface area (Å²) in [6.07, 6.45) is 3.63. The fraction of sp³-hybridized carbons (Fsp3) is 0.400. The maximum atomic E-state index is 13.5. The van der Waals surface area contributed by atoms with Gasteiger partial charge in [-0.1, -0.05) is 6.07 Å². The fourth-order valence-corrected chi connectivity index (χ4v) is 4.27. The average Bonchev–Trinajstić information content (AvgIpc) is 3.60. The molecular weight excluding hydrogens is 402 g/mol. The van der Waals surface area contributed by atoms with Crippen LogP contribution < -0.4 is 15.8 Å². The van der Waals surface area contributed by atoms with Crippen molar-refractivity contribution in [1.82, 2.24) is 19.8 Å². The first-order valence-electron chi connectivity index (χ1n) is 11.3. The molecule has 166 valence electrons. The quantitative estimate of drug-likeness (QED) is 0.688. The van der Waals surface area contributed by atoms with Gasteiger partial charge in [0.1, 0.15) is 6.33 Å². The first-order chi connectivity index (χ1) is 15.4. The molecule has 1 saturated carbocycles. The third kappa shape index (κ3) is 3.88. The van der Waals surface area contributed by atoms with Crippen molar-refractivity contribution in [3.8, 4) is 5.69 Å². The second-order valence-electron chi connectivity index (χ2n) is 9.15. The summed E-state index contributed by atoms with van der Waals surface area (Å²) in [4.78, 5) is 35.2. The summed E-state index contributed by atoms with van der Waals surface area (Å²) in [5, 5.41) is 3.60. The summed E-state index contributed by atoms with van der Waals surface area (Å²) in [6, 6.07) is 12.1. The zero-order chi connectivity index (χ0) is 22.4. The zero-order valence-corrected chi connectivity index (χ0v) is 18.8. The van der Waals surface area contributed by atoms with E-state index in [9.17, 15) is 9.59 Å². The molecule has 1 aliphatic carbocycles. The van der Waals surface area contributed by atoms with Crippen LogP contribution in [0.1, 0.15) is 35.7 Å². The number of anilines is 1. The van der Waals surface area contributed by atoms with E-state index in [2.05, 4.69) is 34.1 Å². The van der Waals surface area contributed by atoms with Gasteiger partial charge in [-0.25, -0.2) is 4.98 Å². The van der Waals surface area contributed by atoms with Crippen LogP contribution >= 0.6 is 0 Å². The summed E-state index contributed by atoms with van der Waals surface area (Å²) in [7, 11) is 2.15. The average molecular weight is 432 g/mol. The van der Waals surface area contributed by atoms with Gasteiger partial charge in [0, 0.05) is 43.0 Å². The molecule has 0 radical (unpaired) electrons. The molecule has 2 aliphatic rings. The predicted molar refractivity (Wildman–Crippen MR) is 127 cm³/mol. The Kier molecular flexibility index (Phi) is 5.21. The van der Waals surface area contributed by atoms with Gasteiger partial charge in [0.2, 0.25) is 0 Å². The monoisotopic (exact) mass is 431 g/mol. The Labute approximate surface area is 187 Å². The van der Waals surface area contributed by atoms with Gasteiger partial charge >= 0.3 is 0 Å². The number of nitrogens with zero attached hydrogens (tertiary/aromatic N) is 4. The molecule has 5 rings (SSSR count). The minimum absolute atomic E-state index is 0.0954. The van der Waals surface area contributed by atoms with Crippen LogP contribution in [0.25, 0.3) is 16.6 Å². The number of benzene rings is 2. The maximum Gasteiger partial charge on any atom is 0.265 e. The molecule has 1 saturated heterocycles. The Balaban J connectivity index is 1.53. The highest BCUT2D eigenvalue weighted by molar-refractivity contribution is 5.95. The predicted octanol–water partition coefficient (Wildman–Crippen LogP) is 2.73. The Hall–Kier alpha value is -3.19.